The first kappa shape index (κ1) is 15.3. The average molecular weight is 305 g/mol. The van der Waals surface area contributed by atoms with Crippen molar-refractivity contribution < 1.29 is 19.7 Å². The van der Waals surface area contributed by atoms with E-state index < -0.39 is 17.5 Å². The summed E-state index contributed by atoms with van der Waals surface area (Å²) < 4.78 is 5.76. The minimum absolute atomic E-state index is 0.267. The van der Waals surface area contributed by atoms with Gasteiger partial charge in [0.15, 0.2) is 0 Å². The van der Waals surface area contributed by atoms with Gasteiger partial charge in [-0.15, -0.1) is 0 Å². The summed E-state index contributed by atoms with van der Waals surface area (Å²) in [5, 5.41) is 23.1. The lowest BCUT2D eigenvalue weighted by Gasteiger charge is -2.40. The highest BCUT2D eigenvalue weighted by Crippen LogP contribution is 2.41. The third kappa shape index (κ3) is 2.59. The van der Waals surface area contributed by atoms with Crippen LogP contribution in [-0.4, -0.2) is 35.4 Å². The lowest BCUT2D eigenvalue weighted by Crippen LogP contribution is -2.52. The van der Waals surface area contributed by atoms with E-state index in [1.807, 2.05) is 18.2 Å². The summed E-state index contributed by atoms with van der Waals surface area (Å²) in [6, 6.07) is 5.61. The second-order valence-electron chi connectivity index (χ2n) is 6.41. The second-order valence-corrected chi connectivity index (χ2v) is 6.41. The Kier molecular flexibility index (Phi) is 4.10. The number of carbonyl (C=O) groups is 1. The fraction of sp³-hybridized carbons (Fsp3) is 0.588. The highest BCUT2D eigenvalue weighted by Gasteiger charge is 2.45. The SMILES string of the molecule is CCc1ccc2c(c1)OC[C@H](NCC1(C(=O)O)CCC1)[C@@H]2O. The number of benzene rings is 1. The van der Waals surface area contributed by atoms with Crippen LogP contribution in [0.1, 0.15) is 43.4 Å². The van der Waals surface area contributed by atoms with E-state index in [9.17, 15) is 15.0 Å². The first-order valence-electron chi connectivity index (χ1n) is 7.96. The van der Waals surface area contributed by atoms with Crippen molar-refractivity contribution in [3.05, 3.63) is 29.3 Å². The molecule has 5 nitrogen and oxygen atoms in total. The van der Waals surface area contributed by atoms with Crippen LogP contribution in [0, 0.1) is 5.41 Å². The molecule has 1 fully saturated rings. The molecule has 3 rings (SSSR count). The average Bonchev–Trinajstić information content (AvgIpc) is 2.47. The van der Waals surface area contributed by atoms with Gasteiger partial charge < -0.3 is 20.3 Å². The standard InChI is InChI=1S/C17H23NO4/c1-2-11-4-5-12-14(8-11)22-9-13(15(12)19)18-10-17(16(20)21)6-3-7-17/h4-5,8,13,15,18-19H,2-3,6-7,9-10H2,1H3,(H,20,21)/t13-,15+/m0/s1. The van der Waals surface area contributed by atoms with Crippen molar-refractivity contribution >= 4 is 5.97 Å². The number of nitrogens with one attached hydrogen (secondary N) is 1. The van der Waals surface area contributed by atoms with Crippen LogP contribution in [0.4, 0.5) is 0 Å². The number of fused-ring (bicyclic) bond motifs is 1. The topological polar surface area (TPSA) is 78.8 Å². The van der Waals surface area contributed by atoms with Crippen molar-refractivity contribution in [3.8, 4) is 5.75 Å². The molecule has 120 valence electrons. The Bertz CT molecular complexity index is 568. The molecule has 1 aromatic carbocycles. The number of hydrogen-bond acceptors (Lipinski definition) is 4. The fourth-order valence-electron chi connectivity index (χ4n) is 3.22. The van der Waals surface area contributed by atoms with E-state index in [2.05, 4.69) is 12.2 Å². The number of rotatable bonds is 5. The Labute approximate surface area is 130 Å². The summed E-state index contributed by atoms with van der Waals surface area (Å²) >= 11 is 0. The zero-order valence-corrected chi connectivity index (χ0v) is 12.8. The Morgan fingerprint density at radius 3 is 2.82 bits per heavy atom. The van der Waals surface area contributed by atoms with Gasteiger partial charge in [0, 0.05) is 12.1 Å². The van der Waals surface area contributed by atoms with E-state index in [-0.39, 0.29) is 6.04 Å². The van der Waals surface area contributed by atoms with E-state index in [4.69, 9.17) is 4.74 Å². The number of aryl methyl sites for hydroxylation is 1. The van der Waals surface area contributed by atoms with Gasteiger partial charge in [0.1, 0.15) is 18.5 Å². The smallest absolute Gasteiger partial charge is 0.310 e. The fourth-order valence-corrected chi connectivity index (χ4v) is 3.22. The highest BCUT2D eigenvalue weighted by molar-refractivity contribution is 5.76. The van der Waals surface area contributed by atoms with Gasteiger partial charge >= 0.3 is 5.97 Å². The van der Waals surface area contributed by atoms with Crippen molar-refractivity contribution in [2.75, 3.05) is 13.2 Å². The van der Waals surface area contributed by atoms with Crippen LogP contribution in [0.15, 0.2) is 18.2 Å². The largest absolute Gasteiger partial charge is 0.491 e. The van der Waals surface area contributed by atoms with Crippen LogP contribution < -0.4 is 10.1 Å². The van der Waals surface area contributed by atoms with E-state index in [1.165, 1.54) is 5.56 Å². The molecule has 0 saturated heterocycles. The Hall–Kier alpha value is -1.59. The van der Waals surface area contributed by atoms with E-state index in [0.29, 0.717) is 26.0 Å². The molecule has 0 bridgehead atoms. The maximum Gasteiger partial charge on any atom is 0.310 e. The van der Waals surface area contributed by atoms with E-state index in [1.54, 1.807) is 0 Å². The molecule has 3 N–H and O–H groups in total. The summed E-state index contributed by atoms with van der Waals surface area (Å²) in [4.78, 5) is 11.4. The number of ether oxygens (including phenoxy) is 1. The molecule has 5 heteroatoms. The molecule has 0 spiro atoms. The molecular formula is C17H23NO4. The Morgan fingerprint density at radius 2 is 2.23 bits per heavy atom. The predicted molar refractivity (Wildman–Crippen MR) is 82.0 cm³/mol. The Morgan fingerprint density at radius 1 is 1.45 bits per heavy atom. The maximum atomic E-state index is 11.4. The normalized spacial score (nSPS) is 25.7. The maximum absolute atomic E-state index is 11.4. The van der Waals surface area contributed by atoms with Crippen molar-refractivity contribution in [2.45, 2.75) is 44.8 Å². The highest BCUT2D eigenvalue weighted by atomic mass is 16.5. The van der Waals surface area contributed by atoms with E-state index in [0.717, 1.165) is 24.2 Å². The van der Waals surface area contributed by atoms with Crippen LogP contribution >= 0.6 is 0 Å². The van der Waals surface area contributed by atoms with Gasteiger partial charge in [0.2, 0.25) is 0 Å². The van der Waals surface area contributed by atoms with Gasteiger partial charge in [-0.2, -0.15) is 0 Å². The first-order valence-corrected chi connectivity index (χ1v) is 7.96. The molecule has 1 aliphatic carbocycles. The molecular weight excluding hydrogens is 282 g/mol. The molecule has 22 heavy (non-hydrogen) atoms. The van der Waals surface area contributed by atoms with Gasteiger partial charge in [-0.25, -0.2) is 0 Å². The van der Waals surface area contributed by atoms with Crippen LogP contribution in [-0.2, 0) is 11.2 Å². The minimum Gasteiger partial charge on any atom is -0.491 e. The van der Waals surface area contributed by atoms with Crippen molar-refractivity contribution in [1.82, 2.24) is 5.32 Å². The lowest BCUT2D eigenvalue weighted by atomic mass is 9.68. The quantitative estimate of drug-likeness (QED) is 0.774. The number of aliphatic carboxylic acids is 1. The van der Waals surface area contributed by atoms with Gasteiger partial charge in [-0.05, 0) is 30.9 Å². The van der Waals surface area contributed by atoms with E-state index >= 15 is 0 Å². The summed E-state index contributed by atoms with van der Waals surface area (Å²) in [6.07, 6.45) is 2.63. The van der Waals surface area contributed by atoms with Crippen molar-refractivity contribution in [3.63, 3.8) is 0 Å². The lowest BCUT2D eigenvalue weighted by molar-refractivity contribution is -0.154. The summed E-state index contributed by atoms with van der Waals surface area (Å²) in [6.45, 7) is 2.82. The molecule has 0 radical (unpaired) electrons. The van der Waals surface area contributed by atoms with Gasteiger partial charge in [0.05, 0.1) is 11.5 Å². The molecule has 1 saturated carbocycles. The molecule has 0 amide bonds. The van der Waals surface area contributed by atoms with Crippen LogP contribution in [0.2, 0.25) is 0 Å². The van der Waals surface area contributed by atoms with Gasteiger partial charge in [-0.1, -0.05) is 25.5 Å². The molecule has 1 aromatic rings. The van der Waals surface area contributed by atoms with Crippen molar-refractivity contribution in [1.29, 1.82) is 0 Å². The van der Waals surface area contributed by atoms with Crippen LogP contribution in [0.5, 0.6) is 5.75 Å². The Balaban J connectivity index is 1.68. The molecule has 1 heterocycles. The number of carboxylic acids is 1. The molecule has 0 unspecified atom stereocenters. The van der Waals surface area contributed by atoms with Crippen LogP contribution in [0.25, 0.3) is 0 Å². The van der Waals surface area contributed by atoms with Crippen molar-refractivity contribution in [2.24, 2.45) is 5.41 Å². The summed E-state index contributed by atoms with van der Waals surface area (Å²) in [5.41, 5.74) is 1.29. The monoisotopic (exact) mass is 305 g/mol. The zero-order valence-electron chi connectivity index (χ0n) is 12.8. The third-order valence-electron chi connectivity index (χ3n) is 5.07. The first-order chi connectivity index (χ1) is 10.6. The molecule has 0 aromatic heterocycles. The number of aliphatic hydroxyl groups excluding tert-OH is 1. The number of hydrogen-bond donors (Lipinski definition) is 3. The minimum atomic E-state index is -0.745. The molecule has 2 atom stereocenters. The summed E-state index contributed by atoms with van der Waals surface area (Å²) in [5.74, 6) is -0.00746. The van der Waals surface area contributed by atoms with Gasteiger partial charge in [0.25, 0.3) is 0 Å². The second kappa shape index (κ2) is 5.89. The predicted octanol–water partition coefficient (Wildman–Crippen LogP) is 1.89. The van der Waals surface area contributed by atoms with Gasteiger partial charge in [-0.3, -0.25) is 4.79 Å². The number of carboxylic acid groups (broad SMARTS) is 1. The summed E-state index contributed by atoms with van der Waals surface area (Å²) in [7, 11) is 0. The molecule has 1 aliphatic heterocycles. The number of aliphatic hydroxyl groups is 1. The van der Waals surface area contributed by atoms with Crippen LogP contribution in [0.3, 0.4) is 0 Å². The molecule has 2 aliphatic rings. The third-order valence-corrected chi connectivity index (χ3v) is 5.07. The zero-order chi connectivity index (χ0) is 15.7.